The smallest absolute Gasteiger partial charge is 0.136 e. The van der Waals surface area contributed by atoms with Gasteiger partial charge < -0.3 is 4.79 Å². The third-order valence-corrected chi connectivity index (χ3v) is 4.37. The van der Waals surface area contributed by atoms with E-state index < -0.39 is 0 Å². The minimum atomic E-state index is -0.0891. The molecular formula is C10H16OS. The molecule has 1 fully saturated rings. The highest BCUT2D eigenvalue weighted by Crippen LogP contribution is 2.43. The summed E-state index contributed by atoms with van der Waals surface area (Å²) in [6, 6.07) is 0. The Bertz CT molecular complexity index is 171. The Morgan fingerprint density at radius 1 is 1.75 bits per heavy atom. The molecule has 0 aromatic carbocycles. The van der Waals surface area contributed by atoms with Crippen molar-refractivity contribution in [1.29, 1.82) is 0 Å². The van der Waals surface area contributed by atoms with E-state index >= 15 is 0 Å². The van der Waals surface area contributed by atoms with Gasteiger partial charge in [0.2, 0.25) is 0 Å². The lowest BCUT2D eigenvalue weighted by Gasteiger charge is -2.27. The average Bonchev–Trinajstić information content (AvgIpc) is 2.54. The van der Waals surface area contributed by atoms with Crippen LogP contribution >= 0.6 is 11.8 Å². The molecule has 1 saturated heterocycles. The first-order chi connectivity index (χ1) is 5.75. The maximum absolute atomic E-state index is 11.0. The maximum Gasteiger partial charge on any atom is 0.136 e. The fraction of sp³-hybridized carbons (Fsp3) is 0.700. The number of hydrogen-bond acceptors (Lipinski definition) is 2. The fourth-order valence-electron chi connectivity index (χ4n) is 1.73. The number of carbonyl (C=O) groups excluding carboxylic acids is 1. The van der Waals surface area contributed by atoms with Gasteiger partial charge in [-0.05, 0) is 30.9 Å². The fourth-order valence-corrected chi connectivity index (χ4v) is 3.14. The van der Waals surface area contributed by atoms with Gasteiger partial charge in [0.15, 0.2) is 0 Å². The molecule has 1 heterocycles. The minimum Gasteiger partial charge on any atom is -0.302 e. The molecule has 2 heteroatoms. The average molecular weight is 184 g/mol. The summed E-state index contributed by atoms with van der Waals surface area (Å²) in [5.74, 6) is 1.58. The summed E-state index contributed by atoms with van der Waals surface area (Å²) in [5.41, 5.74) is 0. The molecule has 2 atom stereocenters. The molecule has 1 aliphatic heterocycles. The highest BCUT2D eigenvalue weighted by atomic mass is 32.2. The van der Waals surface area contributed by atoms with Gasteiger partial charge in [0.05, 0.1) is 4.75 Å². The van der Waals surface area contributed by atoms with Crippen molar-refractivity contribution in [3.8, 4) is 0 Å². The van der Waals surface area contributed by atoms with E-state index in [-0.39, 0.29) is 4.75 Å². The van der Waals surface area contributed by atoms with Gasteiger partial charge in [-0.15, -0.1) is 18.3 Å². The molecule has 1 nitrogen and oxygen atoms in total. The molecule has 0 amide bonds. The number of allylic oxidation sites excluding steroid dienone is 1. The highest BCUT2D eigenvalue weighted by Gasteiger charge is 2.38. The van der Waals surface area contributed by atoms with E-state index in [1.165, 1.54) is 6.42 Å². The summed E-state index contributed by atoms with van der Waals surface area (Å²) in [6.07, 6.45) is 6.25. The molecule has 1 rings (SSSR count). The van der Waals surface area contributed by atoms with E-state index in [0.29, 0.717) is 5.92 Å². The lowest BCUT2D eigenvalue weighted by molar-refractivity contribution is -0.110. The maximum atomic E-state index is 11.0. The van der Waals surface area contributed by atoms with Crippen LogP contribution in [0, 0.1) is 5.92 Å². The van der Waals surface area contributed by atoms with Gasteiger partial charge in [-0.3, -0.25) is 0 Å². The zero-order valence-electron chi connectivity index (χ0n) is 7.58. The summed E-state index contributed by atoms with van der Waals surface area (Å²) in [5, 5.41) is 0. The normalized spacial score (nSPS) is 31.4. The second kappa shape index (κ2) is 4.13. The molecule has 2 unspecified atom stereocenters. The van der Waals surface area contributed by atoms with Crippen LogP contribution in [0.4, 0.5) is 0 Å². The van der Waals surface area contributed by atoms with Crippen molar-refractivity contribution in [2.45, 2.75) is 30.9 Å². The van der Waals surface area contributed by atoms with Crippen LogP contribution < -0.4 is 0 Å². The second-order valence-corrected chi connectivity index (χ2v) is 4.91. The molecule has 0 bridgehead atoms. The molecule has 0 radical (unpaired) electrons. The third kappa shape index (κ3) is 1.74. The predicted molar refractivity (Wildman–Crippen MR) is 54.5 cm³/mol. The Hall–Kier alpha value is -0.240. The van der Waals surface area contributed by atoms with Crippen LogP contribution in [-0.2, 0) is 4.79 Å². The van der Waals surface area contributed by atoms with Gasteiger partial charge in [0.25, 0.3) is 0 Å². The van der Waals surface area contributed by atoms with Crippen LogP contribution in [0.3, 0.4) is 0 Å². The quantitative estimate of drug-likeness (QED) is 0.493. The Kier molecular flexibility index (Phi) is 3.39. The van der Waals surface area contributed by atoms with Crippen LogP contribution in [0.15, 0.2) is 12.7 Å². The summed E-state index contributed by atoms with van der Waals surface area (Å²) in [6.45, 7) is 5.86. The van der Waals surface area contributed by atoms with E-state index in [1.807, 2.05) is 17.8 Å². The van der Waals surface area contributed by atoms with Crippen LogP contribution in [0.5, 0.6) is 0 Å². The minimum absolute atomic E-state index is 0.0891. The zero-order valence-corrected chi connectivity index (χ0v) is 8.40. The van der Waals surface area contributed by atoms with E-state index in [9.17, 15) is 4.79 Å². The van der Waals surface area contributed by atoms with Crippen molar-refractivity contribution in [2.75, 3.05) is 5.75 Å². The monoisotopic (exact) mass is 184 g/mol. The van der Waals surface area contributed by atoms with Crippen LogP contribution in [-0.4, -0.2) is 16.8 Å². The molecule has 68 valence electrons. The van der Waals surface area contributed by atoms with Crippen molar-refractivity contribution >= 4 is 18.0 Å². The van der Waals surface area contributed by atoms with Gasteiger partial charge in [-0.1, -0.05) is 13.0 Å². The summed E-state index contributed by atoms with van der Waals surface area (Å²) in [4.78, 5) is 11.0. The second-order valence-electron chi connectivity index (χ2n) is 3.45. The van der Waals surface area contributed by atoms with Crippen molar-refractivity contribution in [3.05, 3.63) is 12.7 Å². The van der Waals surface area contributed by atoms with Crippen LogP contribution in [0.25, 0.3) is 0 Å². The lowest BCUT2D eigenvalue weighted by atomic mass is 9.88. The van der Waals surface area contributed by atoms with E-state index in [2.05, 4.69) is 13.5 Å². The Balaban J connectivity index is 2.64. The van der Waals surface area contributed by atoms with E-state index in [0.717, 1.165) is 24.9 Å². The van der Waals surface area contributed by atoms with Gasteiger partial charge >= 0.3 is 0 Å². The summed E-state index contributed by atoms with van der Waals surface area (Å²) >= 11 is 1.82. The molecule has 1 aliphatic rings. The highest BCUT2D eigenvalue weighted by molar-refractivity contribution is 8.01. The number of aldehydes is 1. The largest absolute Gasteiger partial charge is 0.302 e. The third-order valence-electron chi connectivity index (χ3n) is 2.64. The predicted octanol–water partition coefficient (Wildman–Crippen LogP) is 2.66. The summed E-state index contributed by atoms with van der Waals surface area (Å²) < 4.78 is -0.0891. The molecule has 0 N–H and O–H groups in total. The van der Waals surface area contributed by atoms with Gasteiger partial charge in [0.1, 0.15) is 6.29 Å². The lowest BCUT2D eigenvalue weighted by Crippen LogP contribution is -2.31. The van der Waals surface area contributed by atoms with Crippen molar-refractivity contribution < 1.29 is 4.79 Å². The van der Waals surface area contributed by atoms with Crippen molar-refractivity contribution in [1.82, 2.24) is 0 Å². The molecule has 0 saturated carbocycles. The van der Waals surface area contributed by atoms with Gasteiger partial charge in [-0.25, -0.2) is 0 Å². The number of hydrogen-bond donors (Lipinski definition) is 0. The molecule has 0 aromatic heterocycles. The SMILES string of the molecule is C=CCC(C)C1(C=O)CCCS1. The molecule has 12 heavy (non-hydrogen) atoms. The first kappa shape index (κ1) is 9.85. The van der Waals surface area contributed by atoms with E-state index in [4.69, 9.17) is 0 Å². The van der Waals surface area contributed by atoms with Crippen molar-refractivity contribution in [3.63, 3.8) is 0 Å². The standard InChI is InChI=1S/C10H16OS/c1-3-5-9(2)10(8-11)6-4-7-12-10/h3,8-9H,1,4-7H2,2H3. The number of carbonyl (C=O) groups is 1. The number of thioether (sulfide) groups is 1. The first-order valence-corrected chi connectivity index (χ1v) is 5.45. The molecule has 0 spiro atoms. The molecular weight excluding hydrogens is 168 g/mol. The number of rotatable bonds is 4. The van der Waals surface area contributed by atoms with Crippen LogP contribution in [0.1, 0.15) is 26.2 Å². The zero-order chi connectivity index (χ0) is 9.03. The topological polar surface area (TPSA) is 17.1 Å². The van der Waals surface area contributed by atoms with Crippen molar-refractivity contribution in [2.24, 2.45) is 5.92 Å². The molecule has 0 aliphatic carbocycles. The first-order valence-electron chi connectivity index (χ1n) is 4.46. The van der Waals surface area contributed by atoms with Crippen LogP contribution in [0.2, 0.25) is 0 Å². The Labute approximate surface area is 78.6 Å². The van der Waals surface area contributed by atoms with Gasteiger partial charge in [-0.2, -0.15) is 0 Å². The summed E-state index contributed by atoms with van der Waals surface area (Å²) in [7, 11) is 0. The molecule has 0 aromatic rings. The van der Waals surface area contributed by atoms with E-state index in [1.54, 1.807) is 0 Å². The Morgan fingerprint density at radius 3 is 2.92 bits per heavy atom. The van der Waals surface area contributed by atoms with Gasteiger partial charge in [0, 0.05) is 0 Å². The Morgan fingerprint density at radius 2 is 2.50 bits per heavy atom.